The SMILES string of the molecule is Cc1csc(CNCC2(N)CC2)n1. The van der Waals surface area contributed by atoms with Crippen LogP contribution in [0.4, 0.5) is 0 Å². The van der Waals surface area contributed by atoms with Crippen LogP contribution >= 0.6 is 11.3 Å². The van der Waals surface area contributed by atoms with Crippen LogP contribution in [-0.4, -0.2) is 17.1 Å². The van der Waals surface area contributed by atoms with Crippen LogP contribution in [0.2, 0.25) is 0 Å². The van der Waals surface area contributed by atoms with Crippen LogP contribution in [0.3, 0.4) is 0 Å². The molecule has 1 aliphatic carbocycles. The maximum Gasteiger partial charge on any atom is 0.107 e. The van der Waals surface area contributed by atoms with E-state index in [2.05, 4.69) is 15.7 Å². The van der Waals surface area contributed by atoms with Crippen molar-refractivity contribution in [2.24, 2.45) is 5.73 Å². The van der Waals surface area contributed by atoms with Crippen molar-refractivity contribution in [3.05, 3.63) is 16.1 Å². The summed E-state index contributed by atoms with van der Waals surface area (Å²) in [6, 6.07) is 0. The van der Waals surface area contributed by atoms with Gasteiger partial charge in [0.25, 0.3) is 0 Å². The van der Waals surface area contributed by atoms with Crippen molar-refractivity contribution in [2.45, 2.75) is 31.8 Å². The van der Waals surface area contributed by atoms with Crippen LogP contribution in [-0.2, 0) is 6.54 Å². The number of thiazole rings is 1. The zero-order valence-electron chi connectivity index (χ0n) is 7.84. The van der Waals surface area contributed by atoms with Crippen LogP contribution in [0.25, 0.3) is 0 Å². The zero-order valence-corrected chi connectivity index (χ0v) is 8.66. The molecule has 1 aromatic heterocycles. The quantitative estimate of drug-likeness (QED) is 0.758. The lowest BCUT2D eigenvalue weighted by molar-refractivity contribution is 0.568. The van der Waals surface area contributed by atoms with Crippen LogP contribution in [0.15, 0.2) is 5.38 Å². The molecule has 0 spiro atoms. The van der Waals surface area contributed by atoms with Crippen LogP contribution in [0, 0.1) is 6.92 Å². The molecule has 0 aliphatic heterocycles. The number of nitrogens with zero attached hydrogens (tertiary/aromatic N) is 1. The molecule has 2 rings (SSSR count). The van der Waals surface area contributed by atoms with Gasteiger partial charge in [0.15, 0.2) is 0 Å². The molecule has 0 amide bonds. The second kappa shape index (κ2) is 3.36. The van der Waals surface area contributed by atoms with Gasteiger partial charge in [-0.25, -0.2) is 4.98 Å². The molecule has 0 radical (unpaired) electrons. The largest absolute Gasteiger partial charge is 0.324 e. The van der Waals surface area contributed by atoms with Crippen LogP contribution < -0.4 is 11.1 Å². The Labute approximate surface area is 82.4 Å². The smallest absolute Gasteiger partial charge is 0.107 e. The highest BCUT2D eigenvalue weighted by molar-refractivity contribution is 7.09. The average Bonchev–Trinajstić information content (AvgIpc) is 2.65. The van der Waals surface area contributed by atoms with E-state index in [9.17, 15) is 0 Å². The monoisotopic (exact) mass is 197 g/mol. The molecular weight excluding hydrogens is 182 g/mol. The second-order valence-electron chi connectivity index (χ2n) is 3.85. The first kappa shape index (κ1) is 9.12. The van der Waals surface area contributed by atoms with Crippen molar-refractivity contribution in [3.63, 3.8) is 0 Å². The highest BCUT2D eigenvalue weighted by Crippen LogP contribution is 2.31. The molecule has 1 heterocycles. The maximum absolute atomic E-state index is 5.94. The van der Waals surface area contributed by atoms with Crippen molar-refractivity contribution < 1.29 is 0 Å². The fraction of sp³-hybridized carbons (Fsp3) is 0.667. The lowest BCUT2D eigenvalue weighted by Gasteiger charge is -2.08. The van der Waals surface area contributed by atoms with E-state index in [0.29, 0.717) is 0 Å². The van der Waals surface area contributed by atoms with Crippen LogP contribution in [0.1, 0.15) is 23.5 Å². The molecule has 0 atom stereocenters. The van der Waals surface area contributed by atoms with E-state index in [1.54, 1.807) is 11.3 Å². The molecule has 0 bridgehead atoms. The van der Waals surface area contributed by atoms with E-state index < -0.39 is 0 Å². The average molecular weight is 197 g/mol. The first-order valence-electron chi connectivity index (χ1n) is 4.59. The van der Waals surface area contributed by atoms with E-state index in [1.165, 1.54) is 0 Å². The third-order valence-electron chi connectivity index (χ3n) is 2.31. The third-order valence-corrected chi connectivity index (χ3v) is 3.28. The number of aromatic nitrogens is 1. The Morgan fingerprint density at radius 1 is 1.69 bits per heavy atom. The molecule has 13 heavy (non-hydrogen) atoms. The van der Waals surface area contributed by atoms with Gasteiger partial charge in [-0.2, -0.15) is 0 Å². The summed E-state index contributed by atoms with van der Waals surface area (Å²) in [5, 5.41) is 6.57. The number of aryl methyl sites for hydroxylation is 1. The summed E-state index contributed by atoms with van der Waals surface area (Å²) >= 11 is 1.71. The summed E-state index contributed by atoms with van der Waals surface area (Å²) in [5.41, 5.74) is 7.15. The van der Waals surface area contributed by atoms with Crippen LogP contribution in [0.5, 0.6) is 0 Å². The summed E-state index contributed by atoms with van der Waals surface area (Å²) in [7, 11) is 0. The molecule has 3 N–H and O–H groups in total. The first-order valence-corrected chi connectivity index (χ1v) is 5.47. The van der Waals surface area contributed by atoms with Gasteiger partial charge in [-0.15, -0.1) is 11.3 Å². The molecule has 4 heteroatoms. The summed E-state index contributed by atoms with van der Waals surface area (Å²) < 4.78 is 0. The predicted octanol–water partition coefficient (Wildman–Crippen LogP) is 1.03. The van der Waals surface area contributed by atoms with Crippen molar-refractivity contribution in [1.29, 1.82) is 0 Å². The lowest BCUT2D eigenvalue weighted by atomic mass is 10.3. The first-order chi connectivity index (χ1) is 6.18. The molecule has 1 fully saturated rings. The normalized spacial score (nSPS) is 18.9. The lowest BCUT2D eigenvalue weighted by Crippen LogP contribution is -2.35. The Bertz CT molecular complexity index is 291. The number of nitrogens with one attached hydrogen (secondary N) is 1. The fourth-order valence-corrected chi connectivity index (χ4v) is 1.98. The minimum atomic E-state index is 0.103. The van der Waals surface area contributed by atoms with Gasteiger partial charge >= 0.3 is 0 Å². The zero-order chi connectivity index (χ0) is 9.31. The van der Waals surface area contributed by atoms with E-state index in [1.807, 2.05) is 6.92 Å². The Balaban J connectivity index is 1.73. The van der Waals surface area contributed by atoms with E-state index in [4.69, 9.17) is 5.73 Å². The summed E-state index contributed by atoms with van der Waals surface area (Å²) in [4.78, 5) is 4.37. The fourth-order valence-electron chi connectivity index (χ4n) is 1.24. The minimum absolute atomic E-state index is 0.103. The number of hydrogen-bond acceptors (Lipinski definition) is 4. The van der Waals surface area contributed by atoms with E-state index in [0.717, 1.165) is 36.6 Å². The molecule has 72 valence electrons. The molecule has 1 saturated carbocycles. The summed E-state index contributed by atoms with van der Waals surface area (Å²) in [6.07, 6.45) is 2.33. The van der Waals surface area contributed by atoms with Crippen molar-refractivity contribution >= 4 is 11.3 Å². The van der Waals surface area contributed by atoms with Crippen molar-refractivity contribution in [3.8, 4) is 0 Å². The summed E-state index contributed by atoms with van der Waals surface area (Å²) in [5.74, 6) is 0. The van der Waals surface area contributed by atoms with Gasteiger partial charge in [-0.05, 0) is 19.8 Å². The van der Waals surface area contributed by atoms with Gasteiger partial charge < -0.3 is 11.1 Å². The van der Waals surface area contributed by atoms with E-state index in [-0.39, 0.29) is 5.54 Å². The standard InChI is InChI=1S/C9H15N3S/c1-7-5-13-8(12-7)4-11-6-9(10)2-3-9/h5,11H,2-4,6,10H2,1H3. The summed E-state index contributed by atoms with van der Waals surface area (Å²) in [6.45, 7) is 3.80. The molecule has 1 aliphatic rings. The second-order valence-corrected chi connectivity index (χ2v) is 4.79. The highest BCUT2D eigenvalue weighted by atomic mass is 32.1. The van der Waals surface area contributed by atoms with Crippen molar-refractivity contribution in [2.75, 3.05) is 6.54 Å². The Morgan fingerprint density at radius 3 is 3.00 bits per heavy atom. The van der Waals surface area contributed by atoms with Gasteiger partial charge in [-0.3, -0.25) is 0 Å². The highest BCUT2D eigenvalue weighted by Gasteiger charge is 2.37. The Hall–Kier alpha value is -0.450. The number of nitrogens with two attached hydrogens (primary N) is 1. The third kappa shape index (κ3) is 2.49. The number of hydrogen-bond donors (Lipinski definition) is 2. The molecule has 0 unspecified atom stereocenters. The van der Waals surface area contributed by atoms with Gasteiger partial charge in [0.2, 0.25) is 0 Å². The maximum atomic E-state index is 5.94. The molecular formula is C9H15N3S. The Morgan fingerprint density at radius 2 is 2.46 bits per heavy atom. The number of rotatable bonds is 4. The van der Waals surface area contributed by atoms with Gasteiger partial charge in [0, 0.05) is 29.7 Å². The molecule has 3 nitrogen and oxygen atoms in total. The van der Waals surface area contributed by atoms with E-state index >= 15 is 0 Å². The molecule has 0 saturated heterocycles. The molecule has 0 aromatic carbocycles. The molecule has 1 aromatic rings. The van der Waals surface area contributed by atoms with Crippen molar-refractivity contribution in [1.82, 2.24) is 10.3 Å². The van der Waals surface area contributed by atoms with Gasteiger partial charge in [0.05, 0.1) is 0 Å². The topological polar surface area (TPSA) is 50.9 Å². The van der Waals surface area contributed by atoms with Gasteiger partial charge in [-0.1, -0.05) is 0 Å². The predicted molar refractivity (Wildman–Crippen MR) is 54.7 cm³/mol. The van der Waals surface area contributed by atoms with Gasteiger partial charge in [0.1, 0.15) is 5.01 Å². The Kier molecular flexibility index (Phi) is 2.36. The minimum Gasteiger partial charge on any atom is -0.324 e.